The van der Waals surface area contributed by atoms with Gasteiger partial charge in [-0.3, -0.25) is 0 Å². The predicted molar refractivity (Wildman–Crippen MR) is 146 cm³/mol. The van der Waals surface area contributed by atoms with Crippen molar-refractivity contribution in [1.29, 1.82) is 0 Å². The molecule has 36 heavy (non-hydrogen) atoms. The Kier molecular flexibility index (Phi) is 8.65. The van der Waals surface area contributed by atoms with Gasteiger partial charge in [-0.05, 0) is 73.6 Å². The molecule has 1 aliphatic heterocycles. The third kappa shape index (κ3) is 7.51. The predicted octanol–water partition coefficient (Wildman–Crippen LogP) is 4.94. The quantitative estimate of drug-likeness (QED) is 0.375. The lowest BCUT2D eigenvalue weighted by Crippen LogP contribution is -2.37. The fourth-order valence-electron chi connectivity index (χ4n) is 5.09. The molecule has 1 saturated heterocycles. The number of piperidine rings is 1. The Morgan fingerprint density at radius 1 is 0.778 bits per heavy atom. The van der Waals surface area contributed by atoms with Gasteiger partial charge in [-0.1, -0.05) is 72.8 Å². The van der Waals surface area contributed by atoms with E-state index in [4.69, 9.17) is 0 Å². The van der Waals surface area contributed by atoms with E-state index in [2.05, 4.69) is 17.0 Å². The largest absolute Gasteiger partial charge is 0.303 e. The van der Waals surface area contributed by atoms with Crippen LogP contribution in [-0.2, 0) is 25.4 Å². The standard InChI is InChI=1S/C29H35NO4S2/c1-35(31,32)28-14-12-27(13-15-28)29(26-10-6-3-7-11-26)18-21-30-19-16-25(17-20-30)23-36(33,34)22-24-8-4-2-5-9-24/h2-15,25,29H,16-23H2,1H3/t29-/m0/s1. The van der Waals surface area contributed by atoms with Crippen LogP contribution in [0.15, 0.2) is 89.8 Å². The van der Waals surface area contributed by atoms with Crippen LogP contribution < -0.4 is 0 Å². The molecule has 1 atom stereocenters. The maximum atomic E-state index is 12.7. The highest BCUT2D eigenvalue weighted by Crippen LogP contribution is 2.30. The lowest BCUT2D eigenvalue weighted by Gasteiger charge is -2.33. The zero-order valence-electron chi connectivity index (χ0n) is 20.8. The molecule has 1 fully saturated rings. The van der Waals surface area contributed by atoms with E-state index in [1.807, 2.05) is 60.7 Å². The number of benzene rings is 3. The molecule has 1 heterocycles. The lowest BCUT2D eigenvalue weighted by molar-refractivity contribution is 0.189. The van der Waals surface area contributed by atoms with E-state index in [9.17, 15) is 16.8 Å². The van der Waals surface area contributed by atoms with Crippen molar-refractivity contribution in [3.05, 3.63) is 102 Å². The van der Waals surface area contributed by atoms with Crippen molar-refractivity contribution >= 4 is 19.7 Å². The molecule has 3 aromatic rings. The van der Waals surface area contributed by atoms with Gasteiger partial charge in [0.15, 0.2) is 19.7 Å². The summed E-state index contributed by atoms with van der Waals surface area (Å²) in [6.45, 7) is 2.72. The van der Waals surface area contributed by atoms with Gasteiger partial charge in [0.05, 0.1) is 16.4 Å². The van der Waals surface area contributed by atoms with Gasteiger partial charge >= 0.3 is 0 Å². The Labute approximate surface area is 216 Å². The van der Waals surface area contributed by atoms with Crippen molar-refractivity contribution in [2.45, 2.75) is 35.8 Å². The first kappa shape index (κ1) is 26.6. The number of rotatable bonds is 10. The summed E-state index contributed by atoms with van der Waals surface area (Å²) in [4.78, 5) is 2.77. The number of hydrogen-bond acceptors (Lipinski definition) is 5. The topological polar surface area (TPSA) is 71.5 Å². The summed E-state index contributed by atoms with van der Waals surface area (Å²) in [5, 5.41) is 0. The fraction of sp³-hybridized carbons (Fsp3) is 0.379. The molecule has 192 valence electrons. The van der Waals surface area contributed by atoms with Crippen molar-refractivity contribution in [2.75, 3.05) is 31.6 Å². The highest BCUT2D eigenvalue weighted by molar-refractivity contribution is 7.91. The molecular weight excluding hydrogens is 490 g/mol. The van der Waals surface area contributed by atoms with Crippen molar-refractivity contribution in [1.82, 2.24) is 4.90 Å². The van der Waals surface area contributed by atoms with Gasteiger partial charge in [-0.25, -0.2) is 16.8 Å². The summed E-state index contributed by atoms with van der Waals surface area (Å²) in [7, 11) is -6.35. The molecule has 0 N–H and O–H groups in total. The van der Waals surface area contributed by atoms with Gasteiger partial charge < -0.3 is 4.90 Å². The number of nitrogens with zero attached hydrogens (tertiary/aromatic N) is 1. The molecule has 0 radical (unpaired) electrons. The Morgan fingerprint density at radius 3 is 1.92 bits per heavy atom. The van der Waals surface area contributed by atoms with E-state index in [1.165, 1.54) is 11.8 Å². The van der Waals surface area contributed by atoms with Crippen LogP contribution in [0.4, 0.5) is 0 Å². The first-order chi connectivity index (χ1) is 17.2. The number of sulfone groups is 2. The van der Waals surface area contributed by atoms with E-state index < -0.39 is 19.7 Å². The zero-order valence-corrected chi connectivity index (χ0v) is 22.4. The Bertz CT molecular complexity index is 1320. The third-order valence-electron chi connectivity index (χ3n) is 7.07. The monoisotopic (exact) mass is 525 g/mol. The van der Waals surface area contributed by atoms with Crippen LogP contribution in [0.2, 0.25) is 0 Å². The average Bonchev–Trinajstić information content (AvgIpc) is 2.86. The number of likely N-dealkylation sites (tertiary alicyclic amines) is 1. The van der Waals surface area contributed by atoms with Crippen LogP contribution in [0.3, 0.4) is 0 Å². The minimum atomic E-state index is -3.23. The first-order valence-electron chi connectivity index (χ1n) is 12.5. The molecule has 4 rings (SSSR count). The second-order valence-electron chi connectivity index (χ2n) is 9.92. The summed E-state index contributed by atoms with van der Waals surface area (Å²) in [5.41, 5.74) is 3.17. The van der Waals surface area contributed by atoms with E-state index >= 15 is 0 Å². The fourth-order valence-corrected chi connectivity index (χ4v) is 7.59. The molecule has 0 unspecified atom stereocenters. The molecule has 7 heteroatoms. The molecular formula is C29H35NO4S2. The van der Waals surface area contributed by atoms with Gasteiger partial charge in [-0.15, -0.1) is 0 Å². The lowest BCUT2D eigenvalue weighted by atomic mass is 9.88. The average molecular weight is 526 g/mol. The maximum Gasteiger partial charge on any atom is 0.175 e. The van der Waals surface area contributed by atoms with Gasteiger partial charge in [0, 0.05) is 12.2 Å². The maximum absolute atomic E-state index is 12.7. The normalized spacial score (nSPS) is 16.6. The van der Waals surface area contributed by atoms with Crippen molar-refractivity contribution < 1.29 is 16.8 Å². The molecule has 5 nitrogen and oxygen atoms in total. The zero-order chi connectivity index (χ0) is 25.6. The summed E-state index contributed by atoms with van der Waals surface area (Å²) >= 11 is 0. The summed E-state index contributed by atoms with van der Waals surface area (Å²) in [5.74, 6) is 0.757. The van der Waals surface area contributed by atoms with Crippen LogP contribution >= 0.6 is 0 Å². The summed E-state index contributed by atoms with van der Waals surface area (Å²) in [6.07, 6.45) is 3.94. The van der Waals surface area contributed by atoms with E-state index in [0.29, 0.717) is 4.90 Å². The minimum absolute atomic E-state index is 0.116. The van der Waals surface area contributed by atoms with E-state index in [-0.39, 0.29) is 23.3 Å². The first-order valence-corrected chi connectivity index (χ1v) is 16.2. The van der Waals surface area contributed by atoms with Crippen LogP contribution in [0.25, 0.3) is 0 Å². The van der Waals surface area contributed by atoms with Gasteiger partial charge in [0.25, 0.3) is 0 Å². The minimum Gasteiger partial charge on any atom is -0.303 e. The highest BCUT2D eigenvalue weighted by Gasteiger charge is 2.25. The van der Waals surface area contributed by atoms with Crippen molar-refractivity contribution in [2.24, 2.45) is 5.92 Å². The molecule has 0 aromatic heterocycles. The second kappa shape index (κ2) is 11.7. The molecule has 0 spiro atoms. The van der Waals surface area contributed by atoms with Crippen molar-refractivity contribution in [3.63, 3.8) is 0 Å². The Hall–Kier alpha value is -2.48. The summed E-state index contributed by atoms with van der Waals surface area (Å²) in [6, 6.07) is 27.0. The van der Waals surface area contributed by atoms with Gasteiger partial charge in [0.1, 0.15) is 0 Å². The van der Waals surface area contributed by atoms with Crippen LogP contribution in [0, 0.1) is 5.92 Å². The van der Waals surface area contributed by atoms with E-state index in [1.54, 1.807) is 12.1 Å². The molecule has 0 aliphatic carbocycles. The summed E-state index contributed by atoms with van der Waals surface area (Å²) < 4.78 is 49.2. The van der Waals surface area contributed by atoms with Crippen LogP contribution in [0.1, 0.15) is 41.9 Å². The smallest absolute Gasteiger partial charge is 0.175 e. The second-order valence-corrected chi connectivity index (χ2v) is 14.0. The SMILES string of the molecule is CS(=O)(=O)c1ccc([C@@H](CCN2CCC(CS(=O)(=O)Cc3ccccc3)CC2)c2ccccc2)cc1. The molecule has 0 amide bonds. The highest BCUT2D eigenvalue weighted by atomic mass is 32.2. The Morgan fingerprint density at radius 2 is 1.33 bits per heavy atom. The molecule has 3 aromatic carbocycles. The van der Waals surface area contributed by atoms with Gasteiger partial charge in [-0.2, -0.15) is 0 Å². The molecule has 1 aliphatic rings. The van der Waals surface area contributed by atoms with E-state index in [0.717, 1.165) is 50.0 Å². The van der Waals surface area contributed by atoms with Crippen LogP contribution in [-0.4, -0.2) is 53.4 Å². The molecule has 0 bridgehead atoms. The van der Waals surface area contributed by atoms with Crippen molar-refractivity contribution in [3.8, 4) is 0 Å². The van der Waals surface area contributed by atoms with Crippen LogP contribution in [0.5, 0.6) is 0 Å². The molecule has 0 saturated carbocycles. The van der Waals surface area contributed by atoms with Gasteiger partial charge in [0.2, 0.25) is 0 Å². The third-order valence-corrected chi connectivity index (χ3v) is 9.95. The Balaban J connectivity index is 1.34. The number of hydrogen-bond donors (Lipinski definition) is 0.